The maximum atomic E-state index is 3.90. The summed E-state index contributed by atoms with van der Waals surface area (Å²) in [5, 5.41) is 3.72. The van der Waals surface area contributed by atoms with Gasteiger partial charge in [-0.25, -0.2) is 0 Å². The summed E-state index contributed by atoms with van der Waals surface area (Å²) in [7, 11) is 0. The first-order chi connectivity index (χ1) is 10.0. The van der Waals surface area contributed by atoms with Crippen LogP contribution in [0.3, 0.4) is 0 Å². The smallest absolute Gasteiger partial charge is 0.0164 e. The van der Waals surface area contributed by atoms with Crippen molar-refractivity contribution in [1.82, 2.24) is 10.2 Å². The molecule has 0 saturated heterocycles. The third-order valence-corrected chi connectivity index (χ3v) is 4.72. The minimum atomic E-state index is 0.438. The lowest BCUT2D eigenvalue weighted by Gasteiger charge is -2.43. The molecule has 0 heterocycles. The van der Waals surface area contributed by atoms with Crippen molar-refractivity contribution >= 4 is 0 Å². The van der Waals surface area contributed by atoms with E-state index in [9.17, 15) is 0 Å². The lowest BCUT2D eigenvalue weighted by atomic mass is 9.70. The molecule has 1 N–H and O–H groups in total. The summed E-state index contributed by atoms with van der Waals surface area (Å²) >= 11 is 0. The Bertz CT molecular complexity index is 291. The number of rotatable bonds is 10. The van der Waals surface area contributed by atoms with E-state index >= 15 is 0 Å². The quantitative estimate of drug-likeness (QED) is 0.610. The number of nitrogens with one attached hydrogen (secondary N) is 1. The van der Waals surface area contributed by atoms with E-state index in [1.165, 1.54) is 32.2 Å². The van der Waals surface area contributed by atoms with Crippen LogP contribution in [0.4, 0.5) is 0 Å². The molecule has 0 aromatic heterocycles. The summed E-state index contributed by atoms with van der Waals surface area (Å²) in [5.41, 5.74) is 0.438. The predicted molar refractivity (Wildman–Crippen MR) is 94.6 cm³/mol. The maximum absolute atomic E-state index is 3.90. The molecule has 0 aromatic carbocycles. The molecular weight excluding hydrogens is 256 g/mol. The van der Waals surface area contributed by atoms with Crippen LogP contribution < -0.4 is 5.32 Å². The van der Waals surface area contributed by atoms with Gasteiger partial charge in [0.2, 0.25) is 0 Å². The molecule has 1 aliphatic carbocycles. The molecule has 1 rings (SSSR count). The SMILES string of the molecule is C=CCN(CC=C)CC1(CNCC(C)C)CCC(C)CC1. The summed E-state index contributed by atoms with van der Waals surface area (Å²) in [5.74, 6) is 1.62. The molecule has 0 spiro atoms. The van der Waals surface area contributed by atoms with Crippen LogP contribution in [-0.4, -0.2) is 37.6 Å². The van der Waals surface area contributed by atoms with E-state index in [1.54, 1.807) is 0 Å². The van der Waals surface area contributed by atoms with E-state index in [4.69, 9.17) is 0 Å². The van der Waals surface area contributed by atoms with Crippen molar-refractivity contribution in [2.75, 3.05) is 32.7 Å². The first-order valence-corrected chi connectivity index (χ1v) is 8.66. The monoisotopic (exact) mass is 292 g/mol. The zero-order chi connectivity index (χ0) is 15.7. The van der Waals surface area contributed by atoms with Crippen molar-refractivity contribution in [2.45, 2.75) is 46.5 Å². The fourth-order valence-corrected chi connectivity index (χ4v) is 3.43. The van der Waals surface area contributed by atoms with Crippen LogP contribution in [0, 0.1) is 17.3 Å². The van der Waals surface area contributed by atoms with Gasteiger partial charge in [-0.2, -0.15) is 0 Å². The third kappa shape index (κ3) is 6.80. The van der Waals surface area contributed by atoms with Crippen LogP contribution in [0.1, 0.15) is 46.5 Å². The second kappa shape index (κ2) is 9.42. The highest BCUT2D eigenvalue weighted by molar-refractivity contribution is 4.92. The number of hydrogen-bond acceptors (Lipinski definition) is 2. The second-order valence-electron chi connectivity index (χ2n) is 7.48. The predicted octanol–water partition coefficient (Wildman–Crippen LogP) is 4.10. The number of nitrogens with zero attached hydrogens (tertiary/aromatic N) is 1. The lowest BCUT2D eigenvalue weighted by molar-refractivity contribution is 0.0968. The van der Waals surface area contributed by atoms with E-state index in [-0.39, 0.29) is 0 Å². The summed E-state index contributed by atoms with van der Waals surface area (Å²) in [6.07, 6.45) is 9.49. The molecule has 0 aliphatic heterocycles. The second-order valence-corrected chi connectivity index (χ2v) is 7.48. The van der Waals surface area contributed by atoms with Gasteiger partial charge in [-0.3, -0.25) is 4.90 Å². The van der Waals surface area contributed by atoms with Gasteiger partial charge >= 0.3 is 0 Å². The first-order valence-electron chi connectivity index (χ1n) is 8.66. The Morgan fingerprint density at radius 3 is 2.24 bits per heavy atom. The van der Waals surface area contributed by atoms with Gasteiger partial charge in [-0.15, -0.1) is 13.2 Å². The minimum absolute atomic E-state index is 0.438. The Morgan fingerprint density at radius 2 is 1.76 bits per heavy atom. The molecule has 0 atom stereocenters. The van der Waals surface area contributed by atoms with E-state index in [0.29, 0.717) is 5.41 Å². The van der Waals surface area contributed by atoms with E-state index in [0.717, 1.165) is 38.0 Å². The van der Waals surface area contributed by atoms with Crippen LogP contribution in [0.5, 0.6) is 0 Å². The highest BCUT2D eigenvalue weighted by atomic mass is 15.1. The molecule has 0 bridgehead atoms. The molecule has 0 radical (unpaired) electrons. The Morgan fingerprint density at radius 1 is 1.19 bits per heavy atom. The van der Waals surface area contributed by atoms with Gasteiger partial charge in [0.1, 0.15) is 0 Å². The minimum Gasteiger partial charge on any atom is -0.316 e. The van der Waals surface area contributed by atoms with Crippen LogP contribution in [0.25, 0.3) is 0 Å². The molecule has 0 amide bonds. The average molecular weight is 293 g/mol. The topological polar surface area (TPSA) is 15.3 Å². The zero-order valence-corrected chi connectivity index (χ0v) is 14.5. The van der Waals surface area contributed by atoms with Gasteiger partial charge in [0, 0.05) is 26.2 Å². The summed E-state index contributed by atoms with van der Waals surface area (Å²) in [6.45, 7) is 20.2. The molecule has 1 aliphatic rings. The Labute approximate surface area is 132 Å². The molecule has 2 nitrogen and oxygen atoms in total. The van der Waals surface area contributed by atoms with Crippen molar-refractivity contribution in [1.29, 1.82) is 0 Å². The van der Waals surface area contributed by atoms with Crippen LogP contribution in [0.15, 0.2) is 25.3 Å². The lowest BCUT2D eigenvalue weighted by Crippen LogP contribution is -2.46. The van der Waals surface area contributed by atoms with Crippen LogP contribution in [0.2, 0.25) is 0 Å². The van der Waals surface area contributed by atoms with Crippen molar-refractivity contribution in [3.05, 3.63) is 25.3 Å². The largest absolute Gasteiger partial charge is 0.316 e. The standard InChI is InChI=1S/C19H36N2/c1-6-12-21(13-7-2)16-19(15-20-14-17(3)4)10-8-18(5)9-11-19/h6-7,17-18,20H,1-2,8-16H2,3-5H3. The van der Waals surface area contributed by atoms with E-state index in [2.05, 4.69) is 44.1 Å². The summed E-state index contributed by atoms with van der Waals surface area (Å²) in [6, 6.07) is 0. The van der Waals surface area contributed by atoms with Crippen molar-refractivity contribution in [3.8, 4) is 0 Å². The Hall–Kier alpha value is -0.600. The highest BCUT2D eigenvalue weighted by Crippen LogP contribution is 2.39. The van der Waals surface area contributed by atoms with Gasteiger partial charge < -0.3 is 5.32 Å². The zero-order valence-electron chi connectivity index (χ0n) is 14.5. The van der Waals surface area contributed by atoms with E-state index in [1.807, 2.05) is 12.2 Å². The average Bonchev–Trinajstić information content (AvgIpc) is 2.42. The molecule has 21 heavy (non-hydrogen) atoms. The van der Waals surface area contributed by atoms with Crippen molar-refractivity contribution < 1.29 is 0 Å². The first kappa shape index (κ1) is 18.4. The molecule has 122 valence electrons. The van der Waals surface area contributed by atoms with Gasteiger partial charge in [0.15, 0.2) is 0 Å². The van der Waals surface area contributed by atoms with Gasteiger partial charge in [0.05, 0.1) is 0 Å². The number of hydrogen-bond donors (Lipinski definition) is 1. The normalized spacial score (nSPS) is 26.2. The maximum Gasteiger partial charge on any atom is 0.0164 e. The van der Waals surface area contributed by atoms with Crippen molar-refractivity contribution in [2.24, 2.45) is 17.3 Å². The third-order valence-electron chi connectivity index (χ3n) is 4.72. The Kier molecular flexibility index (Phi) is 8.28. The summed E-state index contributed by atoms with van der Waals surface area (Å²) in [4.78, 5) is 2.49. The van der Waals surface area contributed by atoms with Gasteiger partial charge in [0.25, 0.3) is 0 Å². The molecule has 1 saturated carbocycles. The molecule has 2 heteroatoms. The molecule has 1 fully saturated rings. The van der Waals surface area contributed by atoms with Gasteiger partial charge in [-0.1, -0.05) is 45.8 Å². The molecular formula is C19H36N2. The van der Waals surface area contributed by atoms with E-state index < -0.39 is 0 Å². The van der Waals surface area contributed by atoms with Crippen molar-refractivity contribution in [3.63, 3.8) is 0 Å². The fourth-order valence-electron chi connectivity index (χ4n) is 3.43. The fraction of sp³-hybridized carbons (Fsp3) is 0.789. The molecule has 0 unspecified atom stereocenters. The highest BCUT2D eigenvalue weighted by Gasteiger charge is 2.35. The van der Waals surface area contributed by atoms with Gasteiger partial charge in [-0.05, 0) is 36.6 Å². The van der Waals surface area contributed by atoms with Crippen LogP contribution in [-0.2, 0) is 0 Å². The Balaban J connectivity index is 2.65. The molecule has 0 aromatic rings. The summed E-state index contributed by atoms with van der Waals surface area (Å²) < 4.78 is 0. The van der Waals surface area contributed by atoms with Crippen LogP contribution >= 0.6 is 0 Å².